The van der Waals surface area contributed by atoms with E-state index in [0.717, 1.165) is 51.6 Å². The molecule has 33 heavy (non-hydrogen) atoms. The van der Waals surface area contributed by atoms with Gasteiger partial charge in [0.05, 0.1) is 6.61 Å². The third kappa shape index (κ3) is 8.76. The normalized spacial score (nSPS) is 19.3. The number of hydrogen-bond donors (Lipinski definition) is 0. The minimum absolute atomic E-state index is 0.152. The Morgan fingerprint density at radius 3 is 2.27 bits per heavy atom. The summed E-state index contributed by atoms with van der Waals surface area (Å²) in [6, 6.07) is 11.5. The summed E-state index contributed by atoms with van der Waals surface area (Å²) in [6.07, 6.45) is 1.15. The standard InChI is InChI=1S/C25H31F4NO3/c1-2-3-4-15-30-16-13-19(14-17-31-21-7-5-20(26)6-8-21)18-24(30)32-22-9-11-23(12-10-22)33-25(27,28)29/h5-12,19,24H,2-4,13-18H2,1H3. The van der Waals surface area contributed by atoms with E-state index in [1.165, 1.54) is 36.4 Å². The Balaban J connectivity index is 1.56. The first-order valence-corrected chi connectivity index (χ1v) is 11.5. The van der Waals surface area contributed by atoms with Crippen LogP contribution in [-0.2, 0) is 0 Å². The molecule has 0 radical (unpaired) electrons. The van der Waals surface area contributed by atoms with E-state index >= 15 is 0 Å². The monoisotopic (exact) mass is 469 g/mol. The van der Waals surface area contributed by atoms with Crippen molar-refractivity contribution in [3.05, 3.63) is 54.3 Å². The largest absolute Gasteiger partial charge is 0.573 e. The van der Waals surface area contributed by atoms with Gasteiger partial charge in [-0.3, -0.25) is 4.90 Å². The van der Waals surface area contributed by atoms with Crippen molar-refractivity contribution in [3.63, 3.8) is 0 Å². The van der Waals surface area contributed by atoms with Crippen molar-refractivity contribution >= 4 is 0 Å². The summed E-state index contributed by atoms with van der Waals surface area (Å²) in [7, 11) is 0. The number of hydrogen-bond acceptors (Lipinski definition) is 4. The van der Waals surface area contributed by atoms with Crippen molar-refractivity contribution in [1.29, 1.82) is 0 Å². The minimum atomic E-state index is -4.72. The van der Waals surface area contributed by atoms with Crippen molar-refractivity contribution < 1.29 is 31.8 Å². The average Bonchev–Trinajstić information content (AvgIpc) is 2.77. The first-order valence-electron chi connectivity index (χ1n) is 11.5. The highest BCUT2D eigenvalue weighted by Crippen LogP contribution is 2.30. The Labute approximate surface area is 192 Å². The van der Waals surface area contributed by atoms with Gasteiger partial charge in [-0.1, -0.05) is 19.8 Å². The van der Waals surface area contributed by atoms with Crippen LogP contribution >= 0.6 is 0 Å². The van der Waals surface area contributed by atoms with Crippen molar-refractivity contribution in [1.82, 2.24) is 4.90 Å². The van der Waals surface area contributed by atoms with Gasteiger partial charge >= 0.3 is 6.36 Å². The number of benzene rings is 2. The molecule has 0 amide bonds. The number of rotatable bonds is 11. The molecule has 2 atom stereocenters. The molecule has 4 nitrogen and oxygen atoms in total. The van der Waals surface area contributed by atoms with E-state index in [9.17, 15) is 17.6 Å². The molecule has 0 aromatic heterocycles. The zero-order valence-corrected chi connectivity index (χ0v) is 18.8. The van der Waals surface area contributed by atoms with Crippen LogP contribution in [0.4, 0.5) is 17.6 Å². The SMILES string of the molecule is CCCCCN1CCC(CCOc2ccc(F)cc2)CC1Oc1ccc(OC(F)(F)F)cc1. The molecule has 8 heteroatoms. The maximum atomic E-state index is 13.0. The second-order valence-corrected chi connectivity index (χ2v) is 8.32. The van der Waals surface area contributed by atoms with Gasteiger partial charge in [0.25, 0.3) is 0 Å². The molecule has 2 unspecified atom stereocenters. The molecular weight excluding hydrogens is 438 g/mol. The number of alkyl halides is 3. The molecule has 2 aromatic carbocycles. The fraction of sp³-hybridized carbons (Fsp3) is 0.520. The molecule has 1 fully saturated rings. The highest BCUT2D eigenvalue weighted by Gasteiger charge is 2.32. The van der Waals surface area contributed by atoms with Crippen LogP contribution in [-0.4, -0.2) is 37.2 Å². The minimum Gasteiger partial charge on any atom is -0.494 e. The van der Waals surface area contributed by atoms with E-state index in [-0.39, 0.29) is 17.8 Å². The van der Waals surface area contributed by atoms with Crippen LogP contribution in [0.3, 0.4) is 0 Å². The van der Waals surface area contributed by atoms with E-state index in [2.05, 4.69) is 16.6 Å². The predicted octanol–water partition coefficient (Wildman–Crippen LogP) is 6.80. The van der Waals surface area contributed by atoms with Crippen LogP contribution in [0.5, 0.6) is 17.2 Å². The van der Waals surface area contributed by atoms with Gasteiger partial charge in [0, 0.05) is 19.5 Å². The highest BCUT2D eigenvalue weighted by molar-refractivity contribution is 5.31. The Morgan fingerprint density at radius 1 is 0.939 bits per heavy atom. The Morgan fingerprint density at radius 2 is 1.61 bits per heavy atom. The van der Waals surface area contributed by atoms with Gasteiger partial charge < -0.3 is 14.2 Å². The number of likely N-dealkylation sites (tertiary alicyclic amines) is 1. The summed E-state index contributed by atoms with van der Waals surface area (Å²) in [5.74, 6) is 0.983. The van der Waals surface area contributed by atoms with Crippen LogP contribution in [0, 0.1) is 11.7 Å². The number of piperidine rings is 1. The van der Waals surface area contributed by atoms with Crippen molar-refractivity contribution in [3.8, 4) is 17.2 Å². The first-order chi connectivity index (χ1) is 15.8. The fourth-order valence-corrected chi connectivity index (χ4v) is 4.00. The van der Waals surface area contributed by atoms with E-state index in [1.54, 1.807) is 12.1 Å². The van der Waals surface area contributed by atoms with Gasteiger partial charge in [-0.15, -0.1) is 13.2 Å². The predicted molar refractivity (Wildman–Crippen MR) is 118 cm³/mol. The first kappa shape index (κ1) is 25.1. The number of unbranched alkanes of at least 4 members (excludes halogenated alkanes) is 2. The summed E-state index contributed by atoms with van der Waals surface area (Å²) in [5.41, 5.74) is 0. The van der Waals surface area contributed by atoms with Gasteiger partial charge in [0.1, 0.15) is 23.1 Å². The van der Waals surface area contributed by atoms with Crippen molar-refractivity contribution in [2.24, 2.45) is 5.92 Å². The lowest BCUT2D eigenvalue weighted by Gasteiger charge is -2.39. The molecule has 2 aromatic rings. The molecule has 1 aliphatic heterocycles. The molecule has 1 heterocycles. The zero-order chi connectivity index (χ0) is 23.7. The number of halogens is 4. The van der Waals surface area contributed by atoms with Crippen LogP contribution in [0.1, 0.15) is 45.4 Å². The molecule has 0 saturated carbocycles. The van der Waals surface area contributed by atoms with Gasteiger partial charge in [0.15, 0.2) is 6.23 Å². The lowest BCUT2D eigenvalue weighted by atomic mass is 9.92. The highest BCUT2D eigenvalue weighted by atomic mass is 19.4. The van der Waals surface area contributed by atoms with Crippen LogP contribution in [0.25, 0.3) is 0 Å². The summed E-state index contributed by atoms with van der Waals surface area (Å²) < 4.78 is 66.1. The summed E-state index contributed by atoms with van der Waals surface area (Å²) in [5, 5.41) is 0. The van der Waals surface area contributed by atoms with Gasteiger partial charge in [-0.25, -0.2) is 4.39 Å². The van der Waals surface area contributed by atoms with E-state index in [0.29, 0.717) is 24.0 Å². The molecule has 0 N–H and O–H groups in total. The Kier molecular flexibility index (Phi) is 9.23. The lowest BCUT2D eigenvalue weighted by molar-refractivity contribution is -0.274. The van der Waals surface area contributed by atoms with Gasteiger partial charge in [0.2, 0.25) is 0 Å². The smallest absolute Gasteiger partial charge is 0.494 e. The molecule has 182 valence electrons. The van der Waals surface area contributed by atoms with Crippen LogP contribution < -0.4 is 14.2 Å². The van der Waals surface area contributed by atoms with Gasteiger partial charge in [-0.2, -0.15) is 0 Å². The fourth-order valence-electron chi connectivity index (χ4n) is 4.00. The van der Waals surface area contributed by atoms with E-state index < -0.39 is 6.36 Å². The molecule has 0 bridgehead atoms. The molecule has 1 aliphatic rings. The maximum Gasteiger partial charge on any atom is 0.573 e. The topological polar surface area (TPSA) is 30.9 Å². The van der Waals surface area contributed by atoms with Crippen LogP contribution in [0.15, 0.2) is 48.5 Å². The van der Waals surface area contributed by atoms with Crippen LogP contribution in [0.2, 0.25) is 0 Å². The zero-order valence-electron chi connectivity index (χ0n) is 18.8. The van der Waals surface area contributed by atoms with E-state index in [4.69, 9.17) is 9.47 Å². The summed E-state index contributed by atoms with van der Waals surface area (Å²) in [4.78, 5) is 2.31. The number of ether oxygens (including phenoxy) is 3. The Bertz CT molecular complexity index is 827. The summed E-state index contributed by atoms with van der Waals surface area (Å²) in [6.45, 7) is 4.51. The third-order valence-corrected chi connectivity index (χ3v) is 5.75. The van der Waals surface area contributed by atoms with Gasteiger partial charge in [-0.05, 0) is 73.7 Å². The third-order valence-electron chi connectivity index (χ3n) is 5.75. The quantitative estimate of drug-likeness (QED) is 0.268. The average molecular weight is 470 g/mol. The second-order valence-electron chi connectivity index (χ2n) is 8.32. The molecular formula is C25H31F4NO3. The Hall–Kier alpha value is -2.48. The lowest BCUT2D eigenvalue weighted by Crippen LogP contribution is -2.46. The second kappa shape index (κ2) is 12.1. The molecule has 3 rings (SSSR count). The maximum absolute atomic E-state index is 13.0. The van der Waals surface area contributed by atoms with E-state index in [1.807, 2.05) is 0 Å². The molecule has 0 aliphatic carbocycles. The van der Waals surface area contributed by atoms with Crippen molar-refractivity contribution in [2.45, 2.75) is 58.0 Å². The molecule has 1 saturated heterocycles. The van der Waals surface area contributed by atoms with Crippen molar-refractivity contribution in [2.75, 3.05) is 19.7 Å². The number of nitrogens with zero attached hydrogens (tertiary/aromatic N) is 1. The molecule has 0 spiro atoms. The summed E-state index contributed by atoms with van der Waals surface area (Å²) >= 11 is 0.